The van der Waals surface area contributed by atoms with E-state index >= 15 is 0 Å². The zero-order valence-electron chi connectivity index (χ0n) is 12.6. The van der Waals surface area contributed by atoms with Crippen LogP contribution >= 0.6 is 35.6 Å². The third-order valence-electron chi connectivity index (χ3n) is 3.62. The van der Waals surface area contributed by atoms with Crippen LogP contribution in [0, 0.1) is 5.92 Å². The molecule has 1 heterocycles. The summed E-state index contributed by atoms with van der Waals surface area (Å²) in [7, 11) is 1.82. The van der Waals surface area contributed by atoms with Gasteiger partial charge in [-0.3, -0.25) is 4.99 Å². The fourth-order valence-electron chi connectivity index (χ4n) is 2.36. The van der Waals surface area contributed by atoms with Crippen molar-refractivity contribution in [3.05, 3.63) is 29.0 Å². The second-order valence-corrected chi connectivity index (χ2v) is 5.66. The first-order valence-corrected chi connectivity index (χ1v) is 7.68. The van der Waals surface area contributed by atoms with Crippen LogP contribution in [0.3, 0.4) is 0 Å². The molecule has 0 bridgehead atoms. The van der Waals surface area contributed by atoms with Gasteiger partial charge < -0.3 is 10.6 Å². The molecule has 1 saturated carbocycles. The van der Waals surface area contributed by atoms with Crippen molar-refractivity contribution in [2.45, 2.75) is 38.6 Å². The van der Waals surface area contributed by atoms with Crippen LogP contribution in [0.4, 0.5) is 0 Å². The van der Waals surface area contributed by atoms with Gasteiger partial charge in [-0.15, -0.1) is 24.0 Å². The molecule has 1 aromatic rings. The summed E-state index contributed by atoms with van der Waals surface area (Å²) in [5.41, 5.74) is 1.17. The summed E-state index contributed by atoms with van der Waals surface area (Å²) in [6.07, 6.45) is 6.57. The van der Waals surface area contributed by atoms with Crippen LogP contribution in [0.1, 0.15) is 31.7 Å². The molecule has 0 amide bonds. The first-order chi connectivity index (χ1) is 9.72. The molecule has 21 heavy (non-hydrogen) atoms. The van der Waals surface area contributed by atoms with Gasteiger partial charge in [0.25, 0.3) is 0 Å². The zero-order chi connectivity index (χ0) is 14.4. The molecule has 6 heteroatoms. The van der Waals surface area contributed by atoms with E-state index in [-0.39, 0.29) is 24.0 Å². The van der Waals surface area contributed by atoms with Gasteiger partial charge in [0.05, 0.1) is 0 Å². The van der Waals surface area contributed by atoms with Gasteiger partial charge in [-0.25, -0.2) is 4.98 Å². The Hall–Kier alpha value is -0.560. The summed E-state index contributed by atoms with van der Waals surface area (Å²) in [5.74, 6) is 1.73. The normalized spacial score (nSPS) is 20.6. The standard InChI is InChI=1S/C15H23ClN4.HI/c1-3-4-12-9-13(12)20-15(17-2)18-8-7-11-5-6-14(16)19-10-11;/h5-6,10,12-13H,3-4,7-9H2,1-2H3,(H2,17,18,20);1H. The van der Waals surface area contributed by atoms with Crippen molar-refractivity contribution in [1.29, 1.82) is 0 Å². The summed E-state index contributed by atoms with van der Waals surface area (Å²) < 4.78 is 0. The van der Waals surface area contributed by atoms with E-state index in [0.717, 1.165) is 24.8 Å². The number of guanidine groups is 1. The SMILES string of the molecule is CCCC1CC1NC(=NC)NCCc1ccc(Cl)nc1.I. The molecule has 118 valence electrons. The van der Waals surface area contributed by atoms with Crippen LogP contribution in [0.5, 0.6) is 0 Å². The summed E-state index contributed by atoms with van der Waals surface area (Å²) >= 11 is 5.77. The van der Waals surface area contributed by atoms with E-state index in [1.54, 1.807) is 0 Å². The lowest BCUT2D eigenvalue weighted by Crippen LogP contribution is -2.40. The highest BCUT2D eigenvalue weighted by molar-refractivity contribution is 14.0. The van der Waals surface area contributed by atoms with Crippen molar-refractivity contribution in [3.8, 4) is 0 Å². The van der Waals surface area contributed by atoms with Gasteiger partial charge in [-0.05, 0) is 36.8 Å². The highest BCUT2D eigenvalue weighted by atomic mass is 127. The summed E-state index contributed by atoms with van der Waals surface area (Å²) in [6, 6.07) is 4.44. The van der Waals surface area contributed by atoms with Crippen LogP contribution in [0.2, 0.25) is 5.15 Å². The second-order valence-electron chi connectivity index (χ2n) is 5.27. The molecule has 1 aliphatic rings. The maximum Gasteiger partial charge on any atom is 0.191 e. The van der Waals surface area contributed by atoms with Gasteiger partial charge in [0, 0.05) is 25.8 Å². The first-order valence-electron chi connectivity index (χ1n) is 7.30. The zero-order valence-corrected chi connectivity index (χ0v) is 15.7. The molecule has 2 N–H and O–H groups in total. The maximum atomic E-state index is 5.77. The Kier molecular flexibility index (Phi) is 8.33. The number of aliphatic imine (C=N–C) groups is 1. The van der Waals surface area contributed by atoms with Gasteiger partial charge in [0.1, 0.15) is 5.15 Å². The Balaban J connectivity index is 0.00000220. The molecule has 1 aromatic heterocycles. The van der Waals surface area contributed by atoms with E-state index in [1.165, 1.54) is 24.8 Å². The predicted molar refractivity (Wildman–Crippen MR) is 99.7 cm³/mol. The molecule has 1 fully saturated rings. The lowest BCUT2D eigenvalue weighted by molar-refractivity contribution is 0.655. The number of nitrogens with zero attached hydrogens (tertiary/aromatic N) is 2. The third kappa shape index (κ3) is 6.38. The Morgan fingerprint density at radius 2 is 2.29 bits per heavy atom. The van der Waals surface area contributed by atoms with Crippen LogP contribution < -0.4 is 10.6 Å². The number of nitrogens with one attached hydrogen (secondary N) is 2. The number of hydrogen-bond donors (Lipinski definition) is 2. The average Bonchev–Trinajstić information content (AvgIpc) is 3.18. The minimum absolute atomic E-state index is 0. The number of hydrogen-bond acceptors (Lipinski definition) is 2. The molecule has 0 spiro atoms. The molecule has 2 atom stereocenters. The smallest absolute Gasteiger partial charge is 0.191 e. The summed E-state index contributed by atoms with van der Waals surface area (Å²) in [5, 5.41) is 7.35. The fourth-order valence-corrected chi connectivity index (χ4v) is 2.48. The van der Waals surface area contributed by atoms with Crippen molar-refractivity contribution in [2.75, 3.05) is 13.6 Å². The predicted octanol–water partition coefficient (Wildman–Crippen LogP) is 3.25. The van der Waals surface area contributed by atoms with Crippen molar-refractivity contribution < 1.29 is 0 Å². The van der Waals surface area contributed by atoms with E-state index in [2.05, 4.69) is 27.5 Å². The molecule has 0 saturated heterocycles. The van der Waals surface area contributed by atoms with Crippen LogP contribution in [-0.2, 0) is 6.42 Å². The molecule has 2 rings (SSSR count). The quantitative estimate of drug-likeness (QED) is 0.320. The van der Waals surface area contributed by atoms with Crippen molar-refractivity contribution in [1.82, 2.24) is 15.6 Å². The number of halogens is 2. The highest BCUT2D eigenvalue weighted by Gasteiger charge is 2.36. The van der Waals surface area contributed by atoms with Gasteiger partial charge in [0.15, 0.2) is 5.96 Å². The van der Waals surface area contributed by atoms with E-state index < -0.39 is 0 Å². The molecule has 4 nitrogen and oxygen atoms in total. The number of pyridine rings is 1. The van der Waals surface area contributed by atoms with E-state index in [9.17, 15) is 0 Å². The van der Waals surface area contributed by atoms with Gasteiger partial charge in [0.2, 0.25) is 0 Å². The van der Waals surface area contributed by atoms with Crippen molar-refractivity contribution in [3.63, 3.8) is 0 Å². The lowest BCUT2D eigenvalue weighted by Gasteiger charge is -2.11. The molecular formula is C15H24ClIN4. The van der Waals surface area contributed by atoms with Gasteiger partial charge in [-0.1, -0.05) is 31.0 Å². The van der Waals surface area contributed by atoms with Crippen LogP contribution in [0.25, 0.3) is 0 Å². The summed E-state index contributed by atoms with van der Waals surface area (Å²) in [4.78, 5) is 8.34. The number of aromatic nitrogens is 1. The first kappa shape index (κ1) is 18.5. The monoisotopic (exact) mass is 422 g/mol. The Morgan fingerprint density at radius 1 is 1.48 bits per heavy atom. The molecule has 1 aliphatic carbocycles. The second kappa shape index (κ2) is 9.46. The fraction of sp³-hybridized carbons (Fsp3) is 0.600. The van der Waals surface area contributed by atoms with E-state index in [4.69, 9.17) is 11.6 Å². The maximum absolute atomic E-state index is 5.77. The van der Waals surface area contributed by atoms with E-state index in [1.807, 2.05) is 25.4 Å². The van der Waals surface area contributed by atoms with Crippen molar-refractivity contribution in [2.24, 2.45) is 10.9 Å². The topological polar surface area (TPSA) is 49.3 Å². The Morgan fingerprint density at radius 3 is 2.90 bits per heavy atom. The van der Waals surface area contributed by atoms with Crippen LogP contribution in [-0.4, -0.2) is 30.6 Å². The molecule has 0 aliphatic heterocycles. The minimum Gasteiger partial charge on any atom is -0.356 e. The van der Waals surface area contributed by atoms with Gasteiger partial charge >= 0.3 is 0 Å². The largest absolute Gasteiger partial charge is 0.356 e. The Bertz CT molecular complexity index is 449. The van der Waals surface area contributed by atoms with E-state index in [0.29, 0.717) is 11.2 Å². The lowest BCUT2D eigenvalue weighted by atomic mass is 10.2. The van der Waals surface area contributed by atoms with Gasteiger partial charge in [-0.2, -0.15) is 0 Å². The highest BCUT2D eigenvalue weighted by Crippen LogP contribution is 2.34. The average molecular weight is 423 g/mol. The number of rotatable bonds is 6. The summed E-state index contributed by atoms with van der Waals surface area (Å²) in [6.45, 7) is 3.08. The molecular weight excluding hydrogens is 399 g/mol. The van der Waals surface area contributed by atoms with Crippen LogP contribution in [0.15, 0.2) is 23.3 Å². The molecule has 0 radical (unpaired) electrons. The Labute approximate surface area is 149 Å². The molecule has 2 unspecified atom stereocenters. The minimum atomic E-state index is 0. The van der Waals surface area contributed by atoms with Crippen molar-refractivity contribution >= 4 is 41.5 Å². The molecule has 0 aromatic carbocycles. The third-order valence-corrected chi connectivity index (χ3v) is 3.85.